The molecule has 0 fully saturated rings. The van der Waals surface area contributed by atoms with Crippen LogP contribution in [0.5, 0.6) is 5.75 Å². The monoisotopic (exact) mass is 324 g/mol. The summed E-state index contributed by atoms with van der Waals surface area (Å²) in [4.78, 5) is 16.2. The average Bonchev–Trinajstić information content (AvgIpc) is 3.02. The molecule has 7 heteroatoms. The van der Waals surface area contributed by atoms with Crippen LogP contribution < -0.4 is 15.4 Å². The van der Waals surface area contributed by atoms with E-state index in [9.17, 15) is 4.79 Å². The first kappa shape index (κ1) is 15.5. The fourth-order valence-electron chi connectivity index (χ4n) is 2.11. The Labute approximate surface area is 138 Å². The number of carbonyl (C=O) groups is 1. The number of nitrogens with zero attached hydrogens (tertiary/aromatic N) is 2. The van der Waals surface area contributed by atoms with E-state index < -0.39 is 0 Å². The Balaban J connectivity index is 1.64. The van der Waals surface area contributed by atoms with Gasteiger partial charge in [0.1, 0.15) is 5.75 Å². The molecular formula is C17H16N4O3. The van der Waals surface area contributed by atoms with E-state index in [4.69, 9.17) is 9.26 Å². The van der Waals surface area contributed by atoms with Crippen LogP contribution in [-0.4, -0.2) is 23.3 Å². The van der Waals surface area contributed by atoms with Crippen molar-refractivity contribution in [3.8, 4) is 17.1 Å². The number of hydrogen-bond donors (Lipinski definition) is 2. The van der Waals surface area contributed by atoms with Crippen molar-refractivity contribution in [1.29, 1.82) is 0 Å². The molecule has 0 saturated carbocycles. The van der Waals surface area contributed by atoms with E-state index in [0.717, 1.165) is 5.56 Å². The molecule has 0 aliphatic rings. The zero-order valence-electron chi connectivity index (χ0n) is 13.2. The normalized spacial score (nSPS) is 10.2. The Morgan fingerprint density at radius 1 is 1.08 bits per heavy atom. The molecule has 1 heterocycles. The van der Waals surface area contributed by atoms with Crippen molar-refractivity contribution < 1.29 is 14.1 Å². The third-order valence-corrected chi connectivity index (χ3v) is 3.26. The number of amides is 2. The molecule has 3 rings (SSSR count). The molecule has 7 nitrogen and oxygen atoms in total. The number of carbonyl (C=O) groups excluding carboxylic acids is 1. The van der Waals surface area contributed by atoms with Gasteiger partial charge in [-0.3, -0.25) is 0 Å². The first-order valence-corrected chi connectivity index (χ1v) is 7.27. The number of ether oxygens (including phenoxy) is 1. The van der Waals surface area contributed by atoms with Crippen LogP contribution in [0.25, 0.3) is 11.4 Å². The summed E-state index contributed by atoms with van der Waals surface area (Å²) in [7, 11) is 1.58. The van der Waals surface area contributed by atoms with Gasteiger partial charge in [-0.2, -0.15) is 4.98 Å². The maximum absolute atomic E-state index is 12.0. The fourth-order valence-corrected chi connectivity index (χ4v) is 2.11. The topological polar surface area (TPSA) is 89.3 Å². The summed E-state index contributed by atoms with van der Waals surface area (Å²) in [5.74, 6) is 1.69. The van der Waals surface area contributed by atoms with E-state index >= 15 is 0 Å². The van der Waals surface area contributed by atoms with Crippen molar-refractivity contribution in [2.45, 2.75) is 6.92 Å². The highest BCUT2D eigenvalue weighted by Gasteiger charge is 2.07. The largest absolute Gasteiger partial charge is 0.497 e. The molecule has 0 unspecified atom stereocenters. The quantitative estimate of drug-likeness (QED) is 0.764. The standard InChI is InChI=1S/C17H16N4O3/c1-11-18-16(21-24-11)12-6-8-13(9-7-12)19-17(22)20-14-4-3-5-15(10-14)23-2/h3-10H,1-2H3,(H2,19,20,22). The molecule has 1 aromatic heterocycles. The Bertz CT molecular complexity index is 843. The molecule has 0 aliphatic carbocycles. The Morgan fingerprint density at radius 3 is 2.50 bits per heavy atom. The number of rotatable bonds is 4. The predicted molar refractivity (Wildman–Crippen MR) is 90.1 cm³/mol. The molecule has 2 amide bonds. The van der Waals surface area contributed by atoms with Gasteiger partial charge in [0, 0.05) is 29.9 Å². The summed E-state index contributed by atoms with van der Waals surface area (Å²) in [5.41, 5.74) is 2.11. The summed E-state index contributed by atoms with van der Waals surface area (Å²) >= 11 is 0. The van der Waals surface area contributed by atoms with E-state index in [2.05, 4.69) is 20.8 Å². The van der Waals surface area contributed by atoms with Gasteiger partial charge in [0.25, 0.3) is 0 Å². The van der Waals surface area contributed by atoms with Crippen LogP contribution in [0.3, 0.4) is 0 Å². The van der Waals surface area contributed by atoms with Gasteiger partial charge in [-0.1, -0.05) is 11.2 Å². The van der Waals surface area contributed by atoms with Crippen LogP contribution in [0.1, 0.15) is 5.89 Å². The van der Waals surface area contributed by atoms with Gasteiger partial charge in [0.15, 0.2) is 0 Å². The summed E-state index contributed by atoms with van der Waals surface area (Å²) in [5, 5.41) is 9.35. The minimum atomic E-state index is -0.341. The summed E-state index contributed by atoms with van der Waals surface area (Å²) in [6.07, 6.45) is 0. The fraction of sp³-hybridized carbons (Fsp3) is 0.118. The van der Waals surface area contributed by atoms with E-state index in [0.29, 0.717) is 28.8 Å². The number of urea groups is 1. The SMILES string of the molecule is COc1cccc(NC(=O)Nc2ccc(-c3noc(C)n3)cc2)c1. The number of hydrogen-bond acceptors (Lipinski definition) is 5. The van der Waals surface area contributed by atoms with Crippen LogP contribution in [-0.2, 0) is 0 Å². The summed E-state index contributed by atoms with van der Waals surface area (Å²) in [6, 6.07) is 13.9. The second-order valence-corrected chi connectivity index (χ2v) is 5.03. The highest BCUT2D eigenvalue weighted by molar-refractivity contribution is 5.99. The summed E-state index contributed by atoms with van der Waals surface area (Å²) < 4.78 is 10.1. The van der Waals surface area contributed by atoms with Gasteiger partial charge in [-0.25, -0.2) is 4.79 Å². The molecule has 122 valence electrons. The first-order valence-electron chi connectivity index (χ1n) is 7.27. The second kappa shape index (κ2) is 6.82. The summed E-state index contributed by atoms with van der Waals surface area (Å²) in [6.45, 7) is 1.73. The van der Waals surface area contributed by atoms with Crippen LogP contribution in [0.15, 0.2) is 53.1 Å². The minimum absolute atomic E-state index is 0.341. The van der Waals surface area contributed by atoms with Crippen molar-refractivity contribution in [2.24, 2.45) is 0 Å². The van der Waals surface area contributed by atoms with Crippen LogP contribution in [0.2, 0.25) is 0 Å². The number of aromatic nitrogens is 2. The van der Waals surface area contributed by atoms with Gasteiger partial charge in [-0.05, 0) is 36.4 Å². The number of methoxy groups -OCH3 is 1. The van der Waals surface area contributed by atoms with Crippen molar-refractivity contribution in [3.63, 3.8) is 0 Å². The van der Waals surface area contributed by atoms with E-state index in [1.807, 2.05) is 18.2 Å². The molecular weight excluding hydrogens is 308 g/mol. The lowest BCUT2D eigenvalue weighted by Crippen LogP contribution is -2.19. The van der Waals surface area contributed by atoms with Crippen LogP contribution in [0.4, 0.5) is 16.2 Å². The molecule has 0 spiro atoms. The second-order valence-electron chi connectivity index (χ2n) is 5.03. The minimum Gasteiger partial charge on any atom is -0.497 e. The van der Waals surface area contributed by atoms with Gasteiger partial charge in [0.05, 0.1) is 7.11 Å². The Hall–Kier alpha value is -3.35. The van der Waals surface area contributed by atoms with Gasteiger partial charge in [-0.15, -0.1) is 0 Å². The maximum Gasteiger partial charge on any atom is 0.323 e. The molecule has 0 aliphatic heterocycles. The third-order valence-electron chi connectivity index (χ3n) is 3.26. The number of benzene rings is 2. The van der Waals surface area contributed by atoms with E-state index in [-0.39, 0.29) is 6.03 Å². The van der Waals surface area contributed by atoms with Crippen molar-refractivity contribution in [2.75, 3.05) is 17.7 Å². The molecule has 0 bridgehead atoms. The van der Waals surface area contributed by atoms with Gasteiger partial charge < -0.3 is 19.9 Å². The van der Waals surface area contributed by atoms with Gasteiger partial charge >= 0.3 is 6.03 Å². The van der Waals surface area contributed by atoms with Gasteiger partial charge in [0.2, 0.25) is 11.7 Å². The lowest BCUT2D eigenvalue weighted by Gasteiger charge is -2.09. The maximum atomic E-state index is 12.0. The van der Waals surface area contributed by atoms with Crippen molar-refractivity contribution in [1.82, 2.24) is 10.1 Å². The number of anilines is 2. The third kappa shape index (κ3) is 3.70. The number of aryl methyl sites for hydroxylation is 1. The van der Waals surface area contributed by atoms with Crippen LogP contribution >= 0.6 is 0 Å². The Morgan fingerprint density at radius 2 is 1.83 bits per heavy atom. The number of nitrogens with one attached hydrogen (secondary N) is 2. The molecule has 2 N–H and O–H groups in total. The molecule has 2 aromatic carbocycles. The molecule has 3 aromatic rings. The van der Waals surface area contributed by atoms with Crippen LogP contribution in [0, 0.1) is 6.92 Å². The highest BCUT2D eigenvalue weighted by Crippen LogP contribution is 2.20. The van der Waals surface area contributed by atoms with E-state index in [1.165, 1.54) is 0 Å². The zero-order valence-corrected chi connectivity index (χ0v) is 13.2. The smallest absolute Gasteiger partial charge is 0.323 e. The molecule has 0 saturated heterocycles. The molecule has 24 heavy (non-hydrogen) atoms. The lowest BCUT2D eigenvalue weighted by atomic mass is 10.2. The predicted octanol–water partition coefficient (Wildman–Crippen LogP) is 3.70. The van der Waals surface area contributed by atoms with Crippen molar-refractivity contribution in [3.05, 3.63) is 54.4 Å². The molecule has 0 radical (unpaired) electrons. The Kier molecular flexibility index (Phi) is 4.42. The van der Waals surface area contributed by atoms with E-state index in [1.54, 1.807) is 44.4 Å². The lowest BCUT2D eigenvalue weighted by molar-refractivity contribution is 0.262. The average molecular weight is 324 g/mol. The highest BCUT2D eigenvalue weighted by atomic mass is 16.5. The molecule has 0 atom stereocenters. The first-order chi connectivity index (χ1) is 11.6. The zero-order chi connectivity index (χ0) is 16.9. The van der Waals surface area contributed by atoms with Crippen molar-refractivity contribution >= 4 is 17.4 Å².